The monoisotopic (exact) mass is 210 g/mol. The number of ether oxygens (including phenoxy) is 1. The van der Waals surface area contributed by atoms with Crippen molar-refractivity contribution in [1.29, 1.82) is 0 Å². The fourth-order valence-corrected chi connectivity index (χ4v) is 2.07. The van der Waals surface area contributed by atoms with E-state index in [-0.39, 0.29) is 11.2 Å². The molecule has 0 spiro atoms. The van der Waals surface area contributed by atoms with Gasteiger partial charge < -0.3 is 9.84 Å². The fraction of sp³-hybridized carbons (Fsp3) is 0.500. The van der Waals surface area contributed by atoms with Crippen LogP contribution in [-0.4, -0.2) is 18.3 Å². The summed E-state index contributed by atoms with van der Waals surface area (Å²) in [6.45, 7) is 1.72. The number of aliphatic hydroxyl groups excluding tert-OH is 1. The molecular formula is C12H15FO2. The van der Waals surface area contributed by atoms with Crippen LogP contribution in [0.15, 0.2) is 18.2 Å². The van der Waals surface area contributed by atoms with Crippen LogP contribution < -0.4 is 4.74 Å². The molecule has 1 aromatic carbocycles. The van der Waals surface area contributed by atoms with E-state index < -0.39 is 6.10 Å². The third kappa shape index (κ3) is 1.61. The fourth-order valence-electron chi connectivity index (χ4n) is 2.07. The van der Waals surface area contributed by atoms with Crippen LogP contribution in [0.5, 0.6) is 5.75 Å². The molecule has 1 aliphatic carbocycles. The van der Waals surface area contributed by atoms with E-state index in [1.165, 1.54) is 13.2 Å². The summed E-state index contributed by atoms with van der Waals surface area (Å²) in [5.74, 6) is 0.227. The average Bonchev–Trinajstić information content (AvgIpc) is 2.98. The number of methoxy groups -OCH3 is 1. The third-order valence-corrected chi connectivity index (χ3v) is 3.30. The predicted molar refractivity (Wildman–Crippen MR) is 55.5 cm³/mol. The highest BCUT2D eigenvalue weighted by atomic mass is 19.1. The summed E-state index contributed by atoms with van der Waals surface area (Å²) in [6, 6.07) is 4.83. The van der Waals surface area contributed by atoms with Crippen molar-refractivity contribution in [2.24, 2.45) is 0 Å². The van der Waals surface area contributed by atoms with E-state index in [1.54, 1.807) is 19.1 Å². The molecule has 1 N–H and O–H groups in total. The van der Waals surface area contributed by atoms with E-state index in [0.29, 0.717) is 11.3 Å². The lowest BCUT2D eigenvalue weighted by molar-refractivity contribution is 0.148. The summed E-state index contributed by atoms with van der Waals surface area (Å²) in [7, 11) is 1.51. The summed E-state index contributed by atoms with van der Waals surface area (Å²) in [5, 5.41) is 9.65. The lowest BCUT2D eigenvalue weighted by atomic mass is 9.90. The van der Waals surface area contributed by atoms with Gasteiger partial charge in [0.1, 0.15) is 11.6 Å². The van der Waals surface area contributed by atoms with E-state index >= 15 is 0 Å². The molecule has 1 aliphatic rings. The molecule has 1 fully saturated rings. The molecule has 2 nitrogen and oxygen atoms in total. The molecule has 2 rings (SSSR count). The Labute approximate surface area is 88.7 Å². The summed E-state index contributed by atoms with van der Waals surface area (Å²) in [5.41, 5.74) is 0.259. The van der Waals surface area contributed by atoms with Gasteiger partial charge in [0.15, 0.2) is 0 Å². The number of benzene rings is 1. The van der Waals surface area contributed by atoms with Gasteiger partial charge in [-0.15, -0.1) is 0 Å². The standard InChI is InChI=1S/C12H15FO2/c1-8(14)12(5-6-12)10-4-3-9(15-2)7-11(10)13/h3-4,7-8,14H,5-6H2,1-2H3. The molecular weight excluding hydrogens is 195 g/mol. The van der Waals surface area contributed by atoms with Crippen LogP contribution in [0.4, 0.5) is 4.39 Å². The van der Waals surface area contributed by atoms with Crippen LogP contribution in [0.25, 0.3) is 0 Å². The Balaban J connectivity index is 2.37. The number of rotatable bonds is 3. The molecule has 0 radical (unpaired) electrons. The van der Waals surface area contributed by atoms with Crippen molar-refractivity contribution in [3.8, 4) is 5.75 Å². The van der Waals surface area contributed by atoms with E-state index in [9.17, 15) is 9.50 Å². The second-order valence-corrected chi connectivity index (χ2v) is 4.18. The molecule has 0 bridgehead atoms. The summed E-state index contributed by atoms with van der Waals surface area (Å²) >= 11 is 0. The second kappa shape index (κ2) is 3.49. The van der Waals surface area contributed by atoms with Crippen molar-refractivity contribution in [3.63, 3.8) is 0 Å². The zero-order valence-corrected chi connectivity index (χ0v) is 8.96. The quantitative estimate of drug-likeness (QED) is 0.829. The molecule has 1 saturated carbocycles. The first-order valence-corrected chi connectivity index (χ1v) is 5.12. The number of halogens is 1. The molecule has 0 heterocycles. The van der Waals surface area contributed by atoms with Gasteiger partial charge in [-0.3, -0.25) is 0 Å². The Morgan fingerprint density at radius 3 is 2.53 bits per heavy atom. The number of aliphatic hydroxyl groups is 1. The zero-order valence-electron chi connectivity index (χ0n) is 8.96. The van der Waals surface area contributed by atoms with Crippen molar-refractivity contribution in [1.82, 2.24) is 0 Å². The van der Waals surface area contributed by atoms with Gasteiger partial charge >= 0.3 is 0 Å². The van der Waals surface area contributed by atoms with Crippen LogP contribution in [0, 0.1) is 5.82 Å². The van der Waals surface area contributed by atoms with Crippen LogP contribution in [0.3, 0.4) is 0 Å². The van der Waals surface area contributed by atoms with E-state index in [2.05, 4.69) is 0 Å². The Kier molecular flexibility index (Phi) is 2.43. The third-order valence-electron chi connectivity index (χ3n) is 3.30. The lowest BCUT2D eigenvalue weighted by Gasteiger charge is -2.19. The van der Waals surface area contributed by atoms with Gasteiger partial charge in [0, 0.05) is 11.5 Å². The van der Waals surface area contributed by atoms with Gasteiger partial charge in [0.25, 0.3) is 0 Å². The molecule has 0 saturated heterocycles. The van der Waals surface area contributed by atoms with Crippen molar-refractivity contribution >= 4 is 0 Å². The van der Waals surface area contributed by atoms with Crippen LogP contribution in [-0.2, 0) is 5.41 Å². The predicted octanol–water partition coefficient (Wildman–Crippen LogP) is 2.25. The molecule has 0 aromatic heterocycles. The first-order chi connectivity index (χ1) is 7.10. The van der Waals surface area contributed by atoms with Gasteiger partial charge in [-0.05, 0) is 31.4 Å². The minimum atomic E-state index is -0.500. The highest BCUT2D eigenvalue weighted by Crippen LogP contribution is 2.51. The maximum absolute atomic E-state index is 13.7. The van der Waals surface area contributed by atoms with E-state index in [4.69, 9.17) is 4.74 Å². The van der Waals surface area contributed by atoms with Crippen LogP contribution in [0.1, 0.15) is 25.3 Å². The minimum absolute atomic E-state index is 0.284. The molecule has 1 unspecified atom stereocenters. The van der Waals surface area contributed by atoms with Crippen LogP contribution >= 0.6 is 0 Å². The van der Waals surface area contributed by atoms with Crippen molar-refractivity contribution in [3.05, 3.63) is 29.6 Å². The Morgan fingerprint density at radius 1 is 1.47 bits per heavy atom. The molecule has 1 atom stereocenters. The van der Waals surface area contributed by atoms with E-state index in [0.717, 1.165) is 12.8 Å². The maximum Gasteiger partial charge on any atom is 0.130 e. The van der Waals surface area contributed by atoms with Gasteiger partial charge in [0.2, 0.25) is 0 Å². The molecule has 82 valence electrons. The van der Waals surface area contributed by atoms with Crippen molar-refractivity contribution in [2.45, 2.75) is 31.3 Å². The zero-order chi connectivity index (χ0) is 11.1. The Morgan fingerprint density at radius 2 is 2.13 bits per heavy atom. The SMILES string of the molecule is COc1ccc(C2(C(C)O)CC2)c(F)c1. The molecule has 0 amide bonds. The van der Waals surface area contributed by atoms with E-state index in [1.807, 2.05) is 0 Å². The van der Waals surface area contributed by atoms with Gasteiger partial charge in [-0.2, -0.15) is 0 Å². The maximum atomic E-state index is 13.7. The van der Waals surface area contributed by atoms with Crippen molar-refractivity contribution in [2.75, 3.05) is 7.11 Å². The lowest BCUT2D eigenvalue weighted by Crippen LogP contribution is -2.23. The highest BCUT2D eigenvalue weighted by molar-refractivity contribution is 5.38. The molecule has 0 aliphatic heterocycles. The number of hydrogen-bond acceptors (Lipinski definition) is 2. The smallest absolute Gasteiger partial charge is 0.130 e. The largest absolute Gasteiger partial charge is 0.497 e. The topological polar surface area (TPSA) is 29.5 Å². The Bertz CT molecular complexity index is 370. The summed E-state index contributed by atoms with van der Waals surface area (Å²) in [6.07, 6.45) is 1.21. The van der Waals surface area contributed by atoms with Gasteiger partial charge in [-0.1, -0.05) is 6.07 Å². The Hall–Kier alpha value is -1.09. The first kappa shape index (κ1) is 10.4. The highest BCUT2D eigenvalue weighted by Gasteiger charge is 2.49. The normalized spacial score (nSPS) is 19.7. The molecule has 3 heteroatoms. The molecule has 15 heavy (non-hydrogen) atoms. The molecule has 1 aromatic rings. The minimum Gasteiger partial charge on any atom is -0.497 e. The van der Waals surface area contributed by atoms with Gasteiger partial charge in [0.05, 0.1) is 13.2 Å². The van der Waals surface area contributed by atoms with Crippen LogP contribution in [0.2, 0.25) is 0 Å². The number of hydrogen-bond donors (Lipinski definition) is 1. The first-order valence-electron chi connectivity index (χ1n) is 5.12. The van der Waals surface area contributed by atoms with Crippen molar-refractivity contribution < 1.29 is 14.2 Å². The summed E-state index contributed by atoms with van der Waals surface area (Å²) < 4.78 is 18.7. The second-order valence-electron chi connectivity index (χ2n) is 4.18. The summed E-state index contributed by atoms with van der Waals surface area (Å²) in [4.78, 5) is 0. The van der Waals surface area contributed by atoms with Gasteiger partial charge in [-0.25, -0.2) is 4.39 Å². The average molecular weight is 210 g/mol.